The van der Waals surface area contributed by atoms with Crippen molar-refractivity contribution in [1.82, 2.24) is 9.62 Å². The van der Waals surface area contributed by atoms with E-state index in [9.17, 15) is 22.8 Å². The number of carbonyl (C=O) groups excluding carboxylic acids is 3. The van der Waals surface area contributed by atoms with Crippen LogP contribution in [0.1, 0.15) is 6.92 Å². The van der Waals surface area contributed by atoms with Gasteiger partial charge in [0.2, 0.25) is 10.0 Å². The zero-order valence-corrected chi connectivity index (χ0v) is 16.4. The summed E-state index contributed by atoms with van der Waals surface area (Å²) in [6.45, 7) is 0.638. The second-order valence-corrected chi connectivity index (χ2v) is 7.93. The number of sulfonamides is 1. The van der Waals surface area contributed by atoms with Crippen LogP contribution in [-0.4, -0.2) is 57.5 Å². The average molecular weight is 408 g/mol. The van der Waals surface area contributed by atoms with E-state index in [-0.39, 0.29) is 4.90 Å². The fourth-order valence-corrected chi connectivity index (χ4v) is 3.47. The molecule has 1 N–H and O–H groups in total. The summed E-state index contributed by atoms with van der Waals surface area (Å²) in [7, 11) is -1.64. The third kappa shape index (κ3) is 5.05. The third-order valence-electron chi connectivity index (χ3n) is 3.87. The Kier molecular flexibility index (Phi) is 6.71. The van der Waals surface area contributed by atoms with Gasteiger partial charge in [0.15, 0.2) is 6.10 Å². The number of amides is 2. The average Bonchev–Trinajstić information content (AvgIpc) is 2.66. The Morgan fingerprint density at radius 1 is 1.11 bits per heavy atom. The highest BCUT2D eigenvalue weighted by Gasteiger charge is 2.26. The number of ether oxygens (including phenoxy) is 2. The Balaban J connectivity index is 2.05. The van der Waals surface area contributed by atoms with E-state index in [0.717, 1.165) is 22.2 Å². The summed E-state index contributed by atoms with van der Waals surface area (Å²) in [5, 5.41) is 3.48. The van der Waals surface area contributed by atoms with E-state index in [1.807, 2.05) is 17.4 Å². The van der Waals surface area contributed by atoms with Gasteiger partial charge in [-0.3, -0.25) is 14.9 Å². The van der Waals surface area contributed by atoms with Crippen molar-refractivity contribution in [3.8, 4) is 0 Å². The quantitative estimate of drug-likeness (QED) is 0.715. The highest BCUT2D eigenvalue weighted by molar-refractivity contribution is 7.89. The van der Waals surface area contributed by atoms with Crippen molar-refractivity contribution in [2.45, 2.75) is 17.9 Å². The first kappa shape index (κ1) is 21.3. The maximum atomic E-state index is 12.7. The van der Waals surface area contributed by atoms with Gasteiger partial charge in [0.25, 0.3) is 5.91 Å². The van der Waals surface area contributed by atoms with E-state index < -0.39 is 40.6 Å². The second kappa shape index (κ2) is 8.81. The van der Waals surface area contributed by atoms with E-state index in [1.54, 1.807) is 18.2 Å². The number of nitrogens with zero attached hydrogens (tertiary/aromatic N) is 1. The minimum absolute atomic E-state index is 0.0259. The lowest BCUT2D eigenvalue weighted by atomic mass is 10.1. The maximum Gasteiger partial charge on any atom is 0.413 e. The van der Waals surface area contributed by atoms with Crippen LogP contribution in [-0.2, 0) is 29.1 Å². The molecule has 28 heavy (non-hydrogen) atoms. The number of benzene rings is 2. The Hall–Kier alpha value is -2.98. The summed E-state index contributed by atoms with van der Waals surface area (Å²) in [5.41, 5.74) is 0. The van der Waals surface area contributed by atoms with E-state index in [0.29, 0.717) is 0 Å². The van der Waals surface area contributed by atoms with Crippen molar-refractivity contribution in [2.75, 3.05) is 20.7 Å². The molecule has 0 aliphatic carbocycles. The van der Waals surface area contributed by atoms with Crippen molar-refractivity contribution in [1.29, 1.82) is 0 Å². The molecular formula is C18H20N2O7S. The molecule has 0 spiro atoms. The Labute approximate surface area is 162 Å². The molecule has 0 radical (unpaired) electrons. The summed E-state index contributed by atoms with van der Waals surface area (Å²) in [6, 6.07) is 11.9. The number of esters is 1. The molecule has 0 saturated carbocycles. The number of nitrogens with one attached hydrogen (secondary N) is 1. The molecule has 150 valence electrons. The molecule has 2 aromatic rings. The minimum Gasteiger partial charge on any atom is -0.453 e. The predicted molar refractivity (Wildman–Crippen MR) is 99.9 cm³/mol. The van der Waals surface area contributed by atoms with Crippen LogP contribution in [0.4, 0.5) is 4.79 Å². The van der Waals surface area contributed by atoms with Crippen molar-refractivity contribution >= 4 is 38.8 Å². The number of likely N-dealkylation sites (N-methyl/N-ethyl adjacent to an activating group) is 1. The monoisotopic (exact) mass is 408 g/mol. The van der Waals surface area contributed by atoms with Crippen molar-refractivity contribution in [3.63, 3.8) is 0 Å². The van der Waals surface area contributed by atoms with Gasteiger partial charge in [-0.2, -0.15) is 4.31 Å². The zero-order chi connectivity index (χ0) is 20.9. The molecular weight excluding hydrogens is 388 g/mol. The number of hydrogen-bond donors (Lipinski definition) is 1. The SMILES string of the molecule is COC(=O)NC(=O)[C@H](C)OC(=O)CN(C)S(=O)(=O)c1ccc2ccccc2c1. The van der Waals surface area contributed by atoms with Gasteiger partial charge in [-0.1, -0.05) is 30.3 Å². The van der Waals surface area contributed by atoms with Gasteiger partial charge in [0.1, 0.15) is 6.54 Å². The number of alkyl carbamates (subject to hydrolysis) is 1. The number of carbonyl (C=O) groups is 3. The Morgan fingerprint density at radius 3 is 2.39 bits per heavy atom. The number of methoxy groups -OCH3 is 1. The van der Waals surface area contributed by atoms with Crippen molar-refractivity contribution < 1.29 is 32.3 Å². The van der Waals surface area contributed by atoms with Crippen LogP contribution in [0.3, 0.4) is 0 Å². The molecule has 9 nitrogen and oxygen atoms in total. The summed E-state index contributed by atoms with van der Waals surface area (Å²) < 4.78 is 35.3. The van der Waals surface area contributed by atoms with Gasteiger partial charge < -0.3 is 9.47 Å². The molecule has 1 atom stereocenters. The van der Waals surface area contributed by atoms with Crippen LogP contribution in [0, 0.1) is 0 Å². The lowest BCUT2D eigenvalue weighted by Gasteiger charge is -2.18. The molecule has 0 aliphatic rings. The highest BCUT2D eigenvalue weighted by Crippen LogP contribution is 2.21. The summed E-state index contributed by atoms with van der Waals surface area (Å²) >= 11 is 0. The second-order valence-electron chi connectivity index (χ2n) is 5.88. The molecule has 10 heteroatoms. The Morgan fingerprint density at radius 2 is 1.75 bits per heavy atom. The first-order valence-electron chi connectivity index (χ1n) is 8.18. The van der Waals surface area contributed by atoms with Crippen molar-refractivity contribution in [3.05, 3.63) is 42.5 Å². The summed E-state index contributed by atoms with van der Waals surface area (Å²) in [6.07, 6.45) is -2.30. The molecule has 0 fully saturated rings. The van der Waals surface area contributed by atoms with Crippen molar-refractivity contribution in [2.24, 2.45) is 0 Å². The van der Waals surface area contributed by atoms with Gasteiger partial charge in [-0.15, -0.1) is 0 Å². The summed E-state index contributed by atoms with van der Waals surface area (Å²) in [5.74, 6) is -1.83. The van der Waals surface area contributed by atoms with E-state index in [2.05, 4.69) is 4.74 Å². The van der Waals surface area contributed by atoms with Gasteiger partial charge in [-0.25, -0.2) is 13.2 Å². The molecule has 2 amide bonds. The summed E-state index contributed by atoms with van der Waals surface area (Å²) in [4.78, 5) is 34.7. The largest absolute Gasteiger partial charge is 0.453 e. The molecule has 0 aliphatic heterocycles. The Bertz CT molecular complexity index is 1000. The fourth-order valence-electron chi connectivity index (χ4n) is 2.32. The molecule has 0 bridgehead atoms. The van der Waals surface area contributed by atoms with E-state index >= 15 is 0 Å². The lowest BCUT2D eigenvalue weighted by Crippen LogP contribution is -2.41. The first-order valence-corrected chi connectivity index (χ1v) is 9.62. The number of fused-ring (bicyclic) bond motifs is 1. The highest BCUT2D eigenvalue weighted by atomic mass is 32.2. The zero-order valence-electron chi connectivity index (χ0n) is 15.5. The predicted octanol–water partition coefficient (Wildman–Crippen LogP) is 1.27. The number of hydrogen-bond acceptors (Lipinski definition) is 7. The maximum absolute atomic E-state index is 12.7. The van der Waals surface area contributed by atoms with E-state index in [1.165, 1.54) is 26.1 Å². The van der Waals surface area contributed by atoms with Gasteiger partial charge in [0, 0.05) is 7.05 Å². The lowest BCUT2D eigenvalue weighted by molar-refractivity contribution is -0.154. The van der Waals surface area contributed by atoms with Crippen LogP contribution in [0.5, 0.6) is 0 Å². The molecule has 2 rings (SSSR count). The van der Waals surface area contributed by atoms with Gasteiger partial charge in [-0.05, 0) is 29.8 Å². The standard InChI is InChI=1S/C18H20N2O7S/c1-12(17(22)19-18(23)26-3)27-16(21)11-20(2)28(24,25)15-9-8-13-6-4-5-7-14(13)10-15/h4-10,12H,11H2,1-3H3,(H,19,22,23)/t12-/m0/s1. The topological polar surface area (TPSA) is 119 Å². The van der Waals surface area contributed by atoms with Crippen LogP contribution >= 0.6 is 0 Å². The molecule has 0 saturated heterocycles. The third-order valence-corrected chi connectivity index (χ3v) is 5.67. The van der Waals surface area contributed by atoms with Gasteiger partial charge in [0.05, 0.1) is 12.0 Å². The molecule has 2 aromatic carbocycles. The molecule has 0 aromatic heterocycles. The van der Waals surface area contributed by atoms with Crippen LogP contribution in [0.2, 0.25) is 0 Å². The molecule has 0 unspecified atom stereocenters. The smallest absolute Gasteiger partial charge is 0.413 e. The first-order chi connectivity index (χ1) is 13.1. The van der Waals surface area contributed by atoms with Crippen LogP contribution in [0.15, 0.2) is 47.4 Å². The van der Waals surface area contributed by atoms with Crippen LogP contribution < -0.4 is 5.32 Å². The molecule has 0 heterocycles. The van der Waals surface area contributed by atoms with Crippen LogP contribution in [0.25, 0.3) is 10.8 Å². The van der Waals surface area contributed by atoms with E-state index in [4.69, 9.17) is 4.74 Å². The number of rotatable bonds is 6. The normalized spacial score (nSPS) is 12.4. The fraction of sp³-hybridized carbons (Fsp3) is 0.278. The van der Waals surface area contributed by atoms with Gasteiger partial charge >= 0.3 is 12.1 Å². The minimum atomic E-state index is -3.95. The number of imide groups is 1.